The number of hydrogen-bond donors (Lipinski definition) is 0. The Morgan fingerprint density at radius 1 is 0.971 bits per heavy atom. The molecule has 1 atom stereocenters. The molecule has 2 aliphatic rings. The molecular weight excluding hydrogens is 435 g/mol. The molecule has 1 saturated heterocycles. The molecule has 180 valence electrons. The van der Waals surface area contributed by atoms with E-state index >= 15 is 0 Å². The van der Waals surface area contributed by atoms with Gasteiger partial charge < -0.3 is 14.4 Å². The van der Waals surface area contributed by atoms with Gasteiger partial charge in [-0.05, 0) is 53.6 Å². The van der Waals surface area contributed by atoms with E-state index in [0.717, 1.165) is 48.8 Å². The molecule has 1 aliphatic heterocycles. The molecule has 2 heterocycles. The Bertz CT molecular complexity index is 1110. The molecule has 0 bridgehead atoms. The van der Waals surface area contributed by atoms with Gasteiger partial charge in [-0.15, -0.1) is 5.10 Å². The standard InChI is InChI=1S/C25H31FN6O2/c1-33-19-11-12-23(34-2)20(17-19)24(25-27-28-29-32(25)18-7-3-4-8-18)31-15-13-30(14-16-31)22-10-6-5-9-21(22)26/h5-6,9-12,17-18,24H,3-4,7-8,13-16H2,1-2H3/t24-/m0/s1. The second-order valence-corrected chi connectivity index (χ2v) is 8.90. The second kappa shape index (κ2) is 9.97. The maximum Gasteiger partial charge on any atom is 0.173 e. The number of hydrogen-bond acceptors (Lipinski definition) is 7. The molecule has 1 aliphatic carbocycles. The van der Waals surface area contributed by atoms with Crippen LogP contribution in [0.15, 0.2) is 42.5 Å². The molecule has 8 nitrogen and oxygen atoms in total. The Labute approximate surface area is 199 Å². The number of tetrazole rings is 1. The Morgan fingerprint density at radius 3 is 2.44 bits per heavy atom. The number of aromatic nitrogens is 4. The lowest BCUT2D eigenvalue weighted by atomic mass is 10.0. The molecule has 9 heteroatoms. The normalized spacial score (nSPS) is 18.3. The highest BCUT2D eigenvalue weighted by Gasteiger charge is 2.35. The van der Waals surface area contributed by atoms with Crippen LogP contribution in [0.3, 0.4) is 0 Å². The van der Waals surface area contributed by atoms with Gasteiger partial charge in [0.15, 0.2) is 5.82 Å². The molecular formula is C25H31FN6O2. The van der Waals surface area contributed by atoms with E-state index in [2.05, 4.69) is 25.3 Å². The third-order valence-corrected chi connectivity index (χ3v) is 7.04. The highest BCUT2D eigenvalue weighted by atomic mass is 19.1. The van der Waals surface area contributed by atoms with Crippen LogP contribution in [-0.2, 0) is 0 Å². The van der Waals surface area contributed by atoms with E-state index < -0.39 is 0 Å². The van der Waals surface area contributed by atoms with Crippen molar-refractivity contribution in [1.29, 1.82) is 0 Å². The third kappa shape index (κ3) is 4.32. The van der Waals surface area contributed by atoms with Gasteiger partial charge in [-0.2, -0.15) is 0 Å². The molecule has 5 rings (SSSR count). The molecule has 1 saturated carbocycles. The highest BCUT2D eigenvalue weighted by molar-refractivity contribution is 5.48. The molecule has 34 heavy (non-hydrogen) atoms. The van der Waals surface area contributed by atoms with Gasteiger partial charge in [0.2, 0.25) is 0 Å². The van der Waals surface area contributed by atoms with Crippen LogP contribution in [0.5, 0.6) is 11.5 Å². The van der Waals surface area contributed by atoms with Crippen molar-refractivity contribution in [2.75, 3.05) is 45.3 Å². The Kier molecular flexibility index (Phi) is 6.62. The van der Waals surface area contributed by atoms with Gasteiger partial charge in [-0.25, -0.2) is 9.07 Å². The number of para-hydroxylation sites is 1. The zero-order valence-corrected chi connectivity index (χ0v) is 19.7. The molecule has 0 spiro atoms. The zero-order valence-electron chi connectivity index (χ0n) is 19.7. The van der Waals surface area contributed by atoms with Gasteiger partial charge >= 0.3 is 0 Å². The summed E-state index contributed by atoms with van der Waals surface area (Å²) in [7, 11) is 3.34. The van der Waals surface area contributed by atoms with Crippen LogP contribution in [0, 0.1) is 5.82 Å². The second-order valence-electron chi connectivity index (χ2n) is 8.90. The van der Waals surface area contributed by atoms with Crippen LogP contribution in [-0.4, -0.2) is 65.5 Å². The van der Waals surface area contributed by atoms with Crippen molar-refractivity contribution in [1.82, 2.24) is 25.1 Å². The number of halogens is 1. The fraction of sp³-hybridized carbons (Fsp3) is 0.480. The summed E-state index contributed by atoms with van der Waals surface area (Å²) in [6, 6.07) is 12.9. The largest absolute Gasteiger partial charge is 0.497 e. The summed E-state index contributed by atoms with van der Waals surface area (Å²) in [6.45, 7) is 2.87. The molecule has 1 aromatic heterocycles. The molecule has 3 aromatic rings. The van der Waals surface area contributed by atoms with Crippen molar-refractivity contribution >= 4 is 5.69 Å². The number of rotatable bonds is 7. The Balaban J connectivity index is 1.50. The summed E-state index contributed by atoms with van der Waals surface area (Å²) in [4.78, 5) is 4.47. The average molecular weight is 467 g/mol. The predicted molar refractivity (Wildman–Crippen MR) is 127 cm³/mol. The van der Waals surface area contributed by atoms with Crippen LogP contribution in [0.1, 0.15) is 49.2 Å². The minimum absolute atomic E-state index is 0.188. The molecule has 0 radical (unpaired) electrons. The fourth-order valence-corrected chi connectivity index (χ4v) is 5.27. The molecule has 0 amide bonds. The number of ether oxygens (including phenoxy) is 2. The molecule has 0 N–H and O–H groups in total. The number of methoxy groups -OCH3 is 2. The van der Waals surface area contributed by atoms with Crippen LogP contribution in [0.2, 0.25) is 0 Å². The summed E-state index contributed by atoms with van der Waals surface area (Å²) in [5.41, 5.74) is 1.61. The predicted octanol–water partition coefficient (Wildman–Crippen LogP) is 3.86. The van der Waals surface area contributed by atoms with Gasteiger partial charge in [-0.1, -0.05) is 25.0 Å². The molecule has 2 fully saturated rings. The fourth-order valence-electron chi connectivity index (χ4n) is 5.27. The van der Waals surface area contributed by atoms with Gasteiger partial charge in [-0.3, -0.25) is 4.90 Å². The van der Waals surface area contributed by atoms with Gasteiger partial charge in [0.05, 0.1) is 25.9 Å². The van der Waals surface area contributed by atoms with Gasteiger partial charge in [0.25, 0.3) is 0 Å². The topological polar surface area (TPSA) is 68.5 Å². The van der Waals surface area contributed by atoms with E-state index in [4.69, 9.17) is 9.47 Å². The lowest BCUT2D eigenvalue weighted by Crippen LogP contribution is -2.48. The first-order chi connectivity index (χ1) is 16.7. The zero-order chi connectivity index (χ0) is 23.5. The van der Waals surface area contributed by atoms with Crippen molar-refractivity contribution in [3.63, 3.8) is 0 Å². The van der Waals surface area contributed by atoms with Gasteiger partial charge in [0.1, 0.15) is 23.4 Å². The van der Waals surface area contributed by atoms with Crippen LogP contribution < -0.4 is 14.4 Å². The number of nitrogens with zero attached hydrogens (tertiary/aromatic N) is 6. The van der Waals surface area contributed by atoms with E-state index in [1.165, 1.54) is 18.9 Å². The first kappa shape index (κ1) is 22.6. The summed E-state index contributed by atoms with van der Waals surface area (Å²) in [5, 5.41) is 13.0. The first-order valence-electron chi connectivity index (χ1n) is 11.9. The lowest BCUT2D eigenvalue weighted by Gasteiger charge is -2.40. The van der Waals surface area contributed by atoms with Crippen molar-refractivity contribution < 1.29 is 13.9 Å². The minimum atomic E-state index is -0.205. The minimum Gasteiger partial charge on any atom is -0.497 e. The van der Waals surface area contributed by atoms with Crippen LogP contribution in [0.25, 0.3) is 0 Å². The highest BCUT2D eigenvalue weighted by Crippen LogP contribution is 2.39. The van der Waals surface area contributed by atoms with Crippen LogP contribution in [0.4, 0.5) is 10.1 Å². The smallest absolute Gasteiger partial charge is 0.173 e. The van der Waals surface area contributed by atoms with E-state index in [-0.39, 0.29) is 11.9 Å². The van der Waals surface area contributed by atoms with Gasteiger partial charge in [0, 0.05) is 31.7 Å². The lowest BCUT2D eigenvalue weighted by molar-refractivity contribution is 0.194. The van der Waals surface area contributed by atoms with E-state index in [0.29, 0.717) is 24.8 Å². The monoisotopic (exact) mass is 466 g/mol. The summed E-state index contributed by atoms with van der Waals surface area (Å²) >= 11 is 0. The molecule has 2 aromatic carbocycles. The summed E-state index contributed by atoms with van der Waals surface area (Å²) in [5.74, 6) is 2.15. The van der Waals surface area contributed by atoms with E-state index in [1.54, 1.807) is 20.3 Å². The number of piperazine rings is 1. The third-order valence-electron chi connectivity index (χ3n) is 7.04. The molecule has 0 unspecified atom stereocenters. The van der Waals surface area contributed by atoms with Crippen LogP contribution >= 0.6 is 0 Å². The van der Waals surface area contributed by atoms with Crippen molar-refractivity contribution in [2.24, 2.45) is 0 Å². The van der Waals surface area contributed by atoms with E-state index in [9.17, 15) is 4.39 Å². The number of anilines is 1. The average Bonchev–Trinajstić information content (AvgIpc) is 3.57. The first-order valence-corrected chi connectivity index (χ1v) is 11.9. The maximum absolute atomic E-state index is 14.4. The summed E-state index contributed by atoms with van der Waals surface area (Å²) < 4.78 is 27.7. The van der Waals surface area contributed by atoms with E-state index in [1.807, 2.05) is 35.0 Å². The van der Waals surface area contributed by atoms with Crippen molar-refractivity contribution in [2.45, 2.75) is 37.8 Å². The maximum atomic E-state index is 14.4. The van der Waals surface area contributed by atoms with Crippen molar-refractivity contribution in [3.8, 4) is 11.5 Å². The van der Waals surface area contributed by atoms with Crippen molar-refractivity contribution in [3.05, 3.63) is 59.7 Å². The quantitative estimate of drug-likeness (QED) is 0.524. The Hall–Kier alpha value is -3.20. The SMILES string of the molecule is COc1ccc(OC)c([C@@H](c2nnnn2C2CCCC2)N2CCN(c3ccccc3F)CC2)c1. The summed E-state index contributed by atoms with van der Waals surface area (Å²) in [6.07, 6.45) is 4.55. The number of benzene rings is 2. The Morgan fingerprint density at radius 2 is 1.74 bits per heavy atom.